The first kappa shape index (κ1) is 18.8. The molecule has 10 heteroatoms. The number of amides is 3. The fraction of sp³-hybridized carbons (Fsp3) is 0.611. The summed E-state index contributed by atoms with van der Waals surface area (Å²) in [7, 11) is 1.59. The van der Waals surface area contributed by atoms with E-state index in [2.05, 4.69) is 14.5 Å². The molecular weight excluding hydrogens is 364 g/mol. The number of rotatable bonds is 5. The largest absolute Gasteiger partial charge is 0.401 e. The van der Waals surface area contributed by atoms with Gasteiger partial charge in [-0.05, 0) is 13.8 Å². The van der Waals surface area contributed by atoms with Crippen molar-refractivity contribution in [1.82, 2.24) is 19.3 Å². The Balaban J connectivity index is 1.62. The van der Waals surface area contributed by atoms with Gasteiger partial charge < -0.3 is 4.74 Å². The zero-order chi connectivity index (χ0) is 20.0. The number of ether oxygens (including phenoxy) is 1. The molecule has 3 amide bonds. The van der Waals surface area contributed by atoms with Gasteiger partial charge in [0.25, 0.3) is 5.91 Å². The first-order valence-corrected chi connectivity index (χ1v) is 9.47. The van der Waals surface area contributed by atoms with Crippen LogP contribution in [0.1, 0.15) is 18.7 Å². The minimum absolute atomic E-state index is 0.224. The first-order chi connectivity index (χ1) is 13.4. The van der Waals surface area contributed by atoms with Crippen molar-refractivity contribution in [2.24, 2.45) is 4.99 Å². The van der Waals surface area contributed by atoms with Crippen LogP contribution in [0.15, 0.2) is 11.2 Å². The lowest BCUT2D eigenvalue weighted by Gasteiger charge is -2.32. The molecule has 1 atom stereocenters. The SMILES string of the molecule is CC(=O)CN1C(=O)C2C(=Nc3n(CCN4CCOCC4)c(C)c[n+]32)N(C)C1=O. The van der Waals surface area contributed by atoms with Gasteiger partial charge in [-0.3, -0.25) is 24.3 Å². The van der Waals surface area contributed by atoms with Crippen LogP contribution in [-0.4, -0.2) is 89.3 Å². The number of carbonyl (C=O) groups excluding carboxylic acids is 3. The fourth-order valence-corrected chi connectivity index (χ4v) is 3.94. The molecular formula is C18H25N6O4+. The number of hydrogen-bond acceptors (Lipinski definition) is 6. The Bertz CT molecular complexity index is 870. The van der Waals surface area contributed by atoms with E-state index in [-0.39, 0.29) is 12.3 Å². The average molecular weight is 389 g/mol. The monoisotopic (exact) mass is 389 g/mol. The summed E-state index contributed by atoms with van der Waals surface area (Å²) < 4.78 is 9.27. The van der Waals surface area contributed by atoms with E-state index in [4.69, 9.17) is 4.74 Å². The van der Waals surface area contributed by atoms with Crippen LogP contribution in [0, 0.1) is 6.92 Å². The predicted molar refractivity (Wildman–Crippen MR) is 98.3 cm³/mol. The molecule has 0 aromatic carbocycles. The van der Waals surface area contributed by atoms with Gasteiger partial charge in [0.2, 0.25) is 11.9 Å². The van der Waals surface area contributed by atoms with Gasteiger partial charge in [-0.25, -0.2) is 13.9 Å². The van der Waals surface area contributed by atoms with Crippen molar-refractivity contribution in [2.75, 3.05) is 46.4 Å². The Kier molecular flexibility index (Phi) is 4.76. The second kappa shape index (κ2) is 7.10. The molecule has 2 saturated heterocycles. The van der Waals surface area contributed by atoms with Crippen LogP contribution in [-0.2, 0) is 20.9 Å². The highest BCUT2D eigenvalue weighted by molar-refractivity contribution is 6.19. The lowest BCUT2D eigenvalue weighted by molar-refractivity contribution is -0.677. The summed E-state index contributed by atoms with van der Waals surface area (Å²) in [5.41, 5.74) is 0.997. The van der Waals surface area contributed by atoms with Crippen molar-refractivity contribution < 1.29 is 23.7 Å². The molecule has 0 spiro atoms. The standard InChI is InChI=1S/C18H25N6O4/c1-12-10-23-14-15(20(3)18(27)24(16(14)26)11-13(2)25)19-17(23)22(12)5-4-21-6-8-28-9-7-21/h10,14H,4-9,11H2,1-3H3/q+1. The van der Waals surface area contributed by atoms with Crippen molar-refractivity contribution in [3.63, 3.8) is 0 Å². The average Bonchev–Trinajstić information content (AvgIpc) is 3.17. The molecule has 0 saturated carbocycles. The zero-order valence-electron chi connectivity index (χ0n) is 16.4. The summed E-state index contributed by atoms with van der Waals surface area (Å²) >= 11 is 0. The van der Waals surface area contributed by atoms with Crippen LogP contribution in [0.5, 0.6) is 0 Å². The van der Waals surface area contributed by atoms with Crippen LogP contribution in [0.4, 0.5) is 10.7 Å². The first-order valence-electron chi connectivity index (χ1n) is 9.47. The van der Waals surface area contributed by atoms with Crippen molar-refractivity contribution >= 4 is 29.5 Å². The van der Waals surface area contributed by atoms with E-state index in [0.29, 0.717) is 11.8 Å². The van der Waals surface area contributed by atoms with Crippen LogP contribution >= 0.6 is 0 Å². The van der Waals surface area contributed by atoms with Crippen molar-refractivity contribution in [2.45, 2.75) is 26.4 Å². The Morgan fingerprint density at radius 2 is 2.00 bits per heavy atom. The summed E-state index contributed by atoms with van der Waals surface area (Å²) in [5.74, 6) is 0.414. The minimum Gasteiger partial charge on any atom is -0.379 e. The van der Waals surface area contributed by atoms with Gasteiger partial charge in [-0.2, -0.15) is 0 Å². The van der Waals surface area contributed by atoms with Gasteiger partial charge in [-0.15, -0.1) is 0 Å². The lowest BCUT2D eigenvalue weighted by Crippen LogP contribution is -2.63. The molecule has 1 aromatic heterocycles. The maximum absolute atomic E-state index is 13.0. The van der Waals surface area contributed by atoms with Crippen molar-refractivity contribution in [3.05, 3.63) is 11.9 Å². The third-order valence-electron chi connectivity index (χ3n) is 5.45. The van der Waals surface area contributed by atoms with Gasteiger partial charge in [0.05, 0.1) is 26.3 Å². The van der Waals surface area contributed by atoms with E-state index in [1.54, 1.807) is 7.05 Å². The summed E-state index contributed by atoms with van der Waals surface area (Å²) in [4.78, 5) is 46.4. The number of nitrogens with zero attached hydrogens (tertiary/aromatic N) is 6. The number of ketones is 1. The van der Waals surface area contributed by atoms with Gasteiger partial charge >= 0.3 is 12.0 Å². The van der Waals surface area contributed by atoms with E-state index >= 15 is 0 Å². The molecule has 3 aliphatic rings. The third-order valence-corrected chi connectivity index (χ3v) is 5.45. The second-order valence-corrected chi connectivity index (χ2v) is 7.42. The highest BCUT2D eigenvalue weighted by Crippen LogP contribution is 2.29. The van der Waals surface area contributed by atoms with Gasteiger partial charge in [0, 0.05) is 26.7 Å². The number of fused-ring (bicyclic) bond motifs is 3. The van der Waals surface area contributed by atoms with E-state index in [1.807, 2.05) is 17.7 Å². The smallest absolute Gasteiger partial charge is 0.379 e. The number of amidine groups is 1. The summed E-state index contributed by atoms with van der Waals surface area (Å²) in [5, 5.41) is 0. The number of aliphatic imine (C=N–C) groups is 1. The van der Waals surface area contributed by atoms with E-state index in [0.717, 1.165) is 50.0 Å². The molecule has 0 radical (unpaired) electrons. The number of aromatic nitrogens is 2. The Hall–Kier alpha value is -2.59. The molecule has 0 N–H and O–H groups in total. The molecule has 0 bridgehead atoms. The second-order valence-electron chi connectivity index (χ2n) is 7.42. The third kappa shape index (κ3) is 3.02. The number of hydrogen-bond donors (Lipinski definition) is 0. The summed E-state index contributed by atoms with van der Waals surface area (Å²) in [6, 6.07) is -1.22. The topological polar surface area (TPSA) is 91.3 Å². The maximum Gasteiger partial charge on any atom is 0.401 e. The number of aryl methyl sites for hydroxylation is 1. The molecule has 1 unspecified atom stereocenters. The molecule has 4 heterocycles. The van der Waals surface area contributed by atoms with Gasteiger partial charge in [0.15, 0.2) is 0 Å². The number of morpholine rings is 1. The van der Waals surface area contributed by atoms with Crippen LogP contribution < -0.4 is 4.57 Å². The quantitative estimate of drug-likeness (QED) is 0.633. The maximum atomic E-state index is 13.0. The molecule has 0 aliphatic carbocycles. The van der Waals surface area contributed by atoms with Crippen LogP contribution in [0.25, 0.3) is 0 Å². The molecule has 4 rings (SSSR count). The van der Waals surface area contributed by atoms with Gasteiger partial charge in [-0.1, -0.05) is 4.99 Å². The van der Waals surface area contributed by atoms with E-state index < -0.39 is 18.0 Å². The van der Waals surface area contributed by atoms with Gasteiger partial charge in [0.1, 0.15) is 17.7 Å². The normalized spacial score (nSPS) is 22.4. The molecule has 1 aromatic rings. The van der Waals surface area contributed by atoms with Crippen molar-refractivity contribution in [3.8, 4) is 0 Å². The predicted octanol–water partition coefficient (Wildman–Crippen LogP) is -0.516. The summed E-state index contributed by atoms with van der Waals surface area (Å²) in [6.07, 6.45) is 1.89. The molecule has 28 heavy (non-hydrogen) atoms. The summed E-state index contributed by atoms with van der Waals surface area (Å²) in [6.45, 7) is 8.02. The number of carbonyl (C=O) groups is 3. The van der Waals surface area contributed by atoms with Crippen LogP contribution in [0.3, 0.4) is 0 Å². The van der Waals surface area contributed by atoms with E-state index in [9.17, 15) is 14.4 Å². The lowest BCUT2D eigenvalue weighted by atomic mass is 10.1. The molecule has 3 aliphatic heterocycles. The zero-order valence-corrected chi connectivity index (χ0v) is 16.4. The minimum atomic E-state index is -0.708. The highest BCUT2D eigenvalue weighted by Gasteiger charge is 2.53. The Morgan fingerprint density at radius 3 is 2.68 bits per heavy atom. The Labute approximate surface area is 163 Å². The highest BCUT2D eigenvalue weighted by atomic mass is 16.5. The number of imidazole rings is 1. The van der Waals surface area contributed by atoms with Crippen LogP contribution in [0.2, 0.25) is 0 Å². The Morgan fingerprint density at radius 1 is 1.29 bits per heavy atom. The fourth-order valence-electron chi connectivity index (χ4n) is 3.94. The van der Waals surface area contributed by atoms with E-state index in [1.165, 1.54) is 11.8 Å². The number of urea groups is 1. The van der Waals surface area contributed by atoms with Crippen molar-refractivity contribution in [1.29, 1.82) is 0 Å². The number of imide groups is 1. The number of Topliss-reactive ketones (excluding diaryl/α,β-unsaturated/α-hetero) is 1. The molecule has 150 valence electrons. The number of likely N-dealkylation sites (N-methyl/N-ethyl adjacent to an activating group) is 1. The molecule has 2 fully saturated rings. The molecule has 10 nitrogen and oxygen atoms in total.